The van der Waals surface area contributed by atoms with E-state index < -0.39 is 0 Å². The number of unbranched alkanes of at least 4 members (excludes halogenated alkanes) is 2. The number of hydrogen-bond acceptors (Lipinski definition) is 6. The third-order valence-electron chi connectivity index (χ3n) is 7.03. The SMILES string of the molecule is CCC(=O)CCCCC[C@H](NC(=O)C1CCN(C)CC1)c1ncc(-c2ccc3c(c2)OCCO3)[nH]1. The van der Waals surface area contributed by atoms with Gasteiger partial charge in [0.15, 0.2) is 11.5 Å². The lowest BCUT2D eigenvalue weighted by Gasteiger charge is -2.29. The number of fused-ring (bicyclic) bond motifs is 1. The number of amides is 1. The molecule has 0 unspecified atom stereocenters. The number of aromatic nitrogens is 2. The fraction of sp³-hybridized carbons (Fsp3) is 0.593. The first-order valence-corrected chi connectivity index (χ1v) is 13.0. The average Bonchev–Trinajstić information content (AvgIpc) is 3.38. The molecule has 1 aromatic heterocycles. The van der Waals surface area contributed by atoms with E-state index in [1.54, 1.807) is 0 Å². The molecule has 8 nitrogen and oxygen atoms in total. The molecule has 1 saturated heterocycles. The first-order valence-electron chi connectivity index (χ1n) is 13.0. The maximum atomic E-state index is 13.1. The highest BCUT2D eigenvalue weighted by Gasteiger charge is 2.27. The third-order valence-corrected chi connectivity index (χ3v) is 7.03. The minimum Gasteiger partial charge on any atom is -0.486 e. The highest BCUT2D eigenvalue weighted by atomic mass is 16.6. The van der Waals surface area contributed by atoms with Crippen LogP contribution in [0.2, 0.25) is 0 Å². The molecular weight excluding hydrogens is 444 g/mol. The van der Waals surface area contributed by atoms with Crippen molar-refractivity contribution in [1.82, 2.24) is 20.2 Å². The van der Waals surface area contributed by atoms with Gasteiger partial charge in [0.2, 0.25) is 5.91 Å². The lowest BCUT2D eigenvalue weighted by molar-refractivity contribution is -0.127. The summed E-state index contributed by atoms with van der Waals surface area (Å²) >= 11 is 0. The number of likely N-dealkylation sites (tertiary alicyclic amines) is 1. The summed E-state index contributed by atoms with van der Waals surface area (Å²) < 4.78 is 11.4. The van der Waals surface area contributed by atoms with Crippen molar-refractivity contribution in [3.63, 3.8) is 0 Å². The molecule has 1 fully saturated rings. The molecule has 2 aliphatic heterocycles. The van der Waals surface area contributed by atoms with Crippen molar-refractivity contribution in [3.8, 4) is 22.8 Å². The Morgan fingerprint density at radius 2 is 1.91 bits per heavy atom. The van der Waals surface area contributed by atoms with Gasteiger partial charge in [-0.3, -0.25) is 9.59 Å². The van der Waals surface area contributed by atoms with Crippen LogP contribution in [0.5, 0.6) is 11.5 Å². The van der Waals surface area contributed by atoms with Crippen LogP contribution in [0.25, 0.3) is 11.3 Å². The number of rotatable bonds is 11. The van der Waals surface area contributed by atoms with E-state index in [2.05, 4.69) is 27.2 Å². The van der Waals surface area contributed by atoms with Gasteiger partial charge in [-0.25, -0.2) is 4.98 Å². The van der Waals surface area contributed by atoms with Crippen molar-refractivity contribution in [3.05, 3.63) is 30.2 Å². The van der Waals surface area contributed by atoms with E-state index in [0.717, 1.165) is 80.2 Å². The highest BCUT2D eigenvalue weighted by molar-refractivity contribution is 5.79. The number of nitrogens with one attached hydrogen (secondary N) is 2. The second kappa shape index (κ2) is 12.2. The fourth-order valence-electron chi connectivity index (χ4n) is 4.73. The Balaban J connectivity index is 1.43. The normalized spacial score (nSPS) is 17.2. The van der Waals surface area contributed by atoms with Gasteiger partial charge in [0, 0.05) is 24.3 Å². The summed E-state index contributed by atoms with van der Waals surface area (Å²) in [6.07, 6.45) is 8.38. The zero-order valence-corrected chi connectivity index (χ0v) is 21.0. The van der Waals surface area contributed by atoms with E-state index in [4.69, 9.17) is 9.47 Å². The predicted octanol–water partition coefficient (Wildman–Crippen LogP) is 4.28. The summed E-state index contributed by atoms with van der Waals surface area (Å²) in [6, 6.07) is 5.68. The zero-order valence-electron chi connectivity index (χ0n) is 21.0. The number of carbonyl (C=O) groups is 2. The molecule has 2 aromatic rings. The summed E-state index contributed by atoms with van der Waals surface area (Å²) in [5.41, 5.74) is 1.84. The molecule has 1 aromatic carbocycles. The van der Waals surface area contributed by atoms with Crippen molar-refractivity contribution in [1.29, 1.82) is 0 Å². The van der Waals surface area contributed by atoms with Crippen molar-refractivity contribution >= 4 is 11.7 Å². The number of aromatic amines is 1. The maximum absolute atomic E-state index is 13.1. The van der Waals surface area contributed by atoms with E-state index in [0.29, 0.717) is 31.8 Å². The Morgan fingerprint density at radius 3 is 2.69 bits per heavy atom. The molecule has 0 bridgehead atoms. The molecule has 4 rings (SSSR count). The molecule has 2 aliphatic rings. The number of carbonyl (C=O) groups excluding carboxylic acids is 2. The van der Waals surface area contributed by atoms with E-state index in [9.17, 15) is 9.59 Å². The molecule has 1 amide bonds. The number of Topliss-reactive ketones (excluding diaryl/α,β-unsaturated/α-hetero) is 1. The standard InChI is InChI=1S/C27H38N4O4/c1-3-21(32)7-5-4-6-8-22(30-27(33)19-11-13-31(2)14-12-19)26-28-18-23(29-26)20-9-10-24-25(17-20)35-16-15-34-24/h9-10,17-19,22H,3-8,11-16H2,1-2H3,(H,28,29)(H,30,33)/t22-/m0/s1. The monoisotopic (exact) mass is 482 g/mol. The van der Waals surface area contributed by atoms with Crippen LogP contribution in [-0.4, -0.2) is 59.9 Å². The molecule has 0 saturated carbocycles. The van der Waals surface area contributed by atoms with Gasteiger partial charge in [-0.05, 0) is 64.0 Å². The number of piperidine rings is 1. The van der Waals surface area contributed by atoms with Crippen LogP contribution in [-0.2, 0) is 9.59 Å². The Morgan fingerprint density at radius 1 is 1.14 bits per heavy atom. The van der Waals surface area contributed by atoms with Crippen LogP contribution in [0.1, 0.15) is 70.2 Å². The van der Waals surface area contributed by atoms with Gasteiger partial charge >= 0.3 is 0 Å². The van der Waals surface area contributed by atoms with E-state index in [-0.39, 0.29) is 17.9 Å². The maximum Gasteiger partial charge on any atom is 0.223 e. The first kappa shape index (κ1) is 25.2. The Hall–Kier alpha value is -2.87. The minimum atomic E-state index is -0.185. The lowest BCUT2D eigenvalue weighted by atomic mass is 9.95. The second-order valence-corrected chi connectivity index (χ2v) is 9.67. The number of H-pyrrole nitrogens is 1. The van der Waals surface area contributed by atoms with E-state index >= 15 is 0 Å². The Kier molecular flexibility index (Phi) is 8.79. The number of ketones is 1. The smallest absolute Gasteiger partial charge is 0.223 e. The highest BCUT2D eigenvalue weighted by Crippen LogP contribution is 2.34. The van der Waals surface area contributed by atoms with E-state index in [1.165, 1.54) is 0 Å². The van der Waals surface area contributed by atoms with E-state index in [1.807, 2.05) is 31.3 Å². The number of ether oxygens (including phenoxy) is 2. The molecule has 1 atom stereocenters. The van der Waals surface area contributed by atoms with Gasteiger partial charge in [0.1, 0.15) is 24.8 Å². The summed E-state index contributed by atoms with van der Waals surface area (Å²) in [5.74, 6) is 2.72. The van der Waals surface area contributed by atoms with Crippen LogP contribution in [0.15, 0.2) is 24.4 Å². The Labute approximate surface area is 207 Å². The number of imidazole rings is 1. The van der Waals surface area contributed by atoms with Gasteiger partial charge in [-0.2, -0.15) is 0 Å². The molecule has 35 heavy (non-hydrogen) atoms. The van der Waals surface area contributed by atoms with Crippen molar-refractivity contribution < 1.29 is 19.1 Å². The zero-order chi connectivity index (χ0) is 24.6. The summed E-state index contributed by atoms with van der Waals surface area (Å²) in [7, 11) is 2.10. The fourth-order valence-corrected chi connectivity index (χ4v) is 4.73. The summed E-state index contributed by atoms with van der Waals surface area (Å²) in [6.45, 7) is 4.91. The minimum absolute atomic E-state index is 0.0445. The molecular formula is C27H38N4O4. The van der Waals surface area contributed by atoms with Crippen LogP contribution in [0, 0.1) is 5.92 Å². The molecule has 2 N–H and O–H groups in total. The topological polar surface area (TPSA) is 96.6 Å². The summed E-state index contributed by atoms with van der Waals surface area (Å²) in [5, 5.41) is 3.28. The first-order chi connectivity index (χ1) is 17.0. The molecule has 3 heterocycles. The number of benzene rings is 1. The predicted molar refractivity (Wildman–Crippen MR) is 135 cm³/mol. The van der Waals surface area contributed by atoms with Gasteiger partial charge < -0.3 is 24.7 Å². The number of hydrogen-bond donors (Lipinski definition) is 2. The number of nitrogens with zero attached hydrogens (tertiary/aromatic N) is 2. The molecule has 0 aliphatic carbocycles. The molecule has 0 radical (unpaired) electrons. The van der Waals surface area contributed by atoms with Gasteiger partial charge in [0.05, 0.1) is 17.9 Å². The Bertz CT molecular complexity index is 997. The molecule has 190 valence electrons. The van der Waals surface area contributed by atoms with Crippen molar-refractivity contribution in [2.45, 2.75) is 64.3 Å². The second-order valence-electron chi connectivity index (χ2n) is 9.67. The van der Waals surface area contributed by atoms with Crippen molar-refractivity contribution in [2.24, 2.45) is 5.92 Å². The lowest BCUT2D eigenvalue weighted by Crippen LogP contribution is -2.40. The third kappa shape index (κ3) is 6.84. The van der Waals surface area contributed by atoms with Gasteiger partial charge in [-0.15, -0.1) is 0 Å². The summed E-state index contributed by atoms with van der Waals surface area (Å²) in [4.78, 5) is 35.1. The van der Waals surface area contributed by atoms with Crippen LogP contribution < -0.4 is 14.8 Å². The van der Waals surface area contributed by atoms with Crippen molar-refractivity contribution in [2.75, 3.05) is 33.4 Å². The van der Waals surface area contributed by atoms with Gasteiger partial charge in [-0.1, -0.05) is 19.8 Å². The van der Waals surface area contributed by atoms with Crippen LogP contribution in [0.3, 0.4) is 0 Å². The molecule has 8 heteroatoms. The quantitative estimate of drug-likeness (QED) is 0.464. The largest absolute Gasteiger partial charge is 0.486 e. The van der Waals surface area contributed by atoms with Crippen LogP contribution in [0.4, 0.5) is 0 Å². The van der Waals surface area contributed by atoms with Gasteiger partial charge in [0.25, 0.3) is 0 Å². The van der Waals surface area contributed by atoms with Crippen LogP contribution >= 0.6 is 0 Å². The molecule has 0 spiro atoms. The average molecular weight is 483 g/mol.